The lowest BCUT2D eigenvalue weighted by atomic mass is 10.1. The molecule has 1 saturated heterocycles. The van der Waals surface area contributed by atoms with E-state index in [1.54, 1.807) is 11.0 Å². The summed E-state index contributed by atoms with van der Waals surface area (Å²) < 4.78 is 43.3. The summed E-state index contributed by atoms with van der Waals surface area (Å²) in [5.41, 5.74) is 5.26. The first-order valence-electron chi connectivity index (χ1n) is 9.56. The number of nitrogens with two attached hydrogens (primary N) is 1. The van der Waals surface area contributed by atoms with Crippen molar-refractivity contribution in [1.29, 1.82) is 0 Å². The summed E-state index contributed by atoms with van der Waals surface area (Å²) in [6.45, 7) is 1.30. The number of benzene rings is 1. The number of aliphatic carboxylic acids is 1. The molecule has 1 fully saturated rings. The maximum Gasteiger partial charge on any atom is 0.417 e. The largest absolute Gasteiger partial charge is 0.480 e. The lowest BCUT2D eigenvalue weighted by molar-refractivity contribution is -0.139. The molecule has 3 N–H and O–H groups in total. The van der Waals surface area contributed by atoms with Crippen molar-refractivity contribution in [2.24, 2.45) is 5.73 Å². The highest BCUT2D eigenvalue weighted by atomic mass is 35.5. The standard InChI is InChI=1S/C20H20ClF3N4O4/c21-14-9-12(10-15(25)18(29)30)1-3-16(14)32-19(31)28-7-5-27(6-8-28)17-4-2-13(11-26-17)20(22,23)24/h1-4,9,11,15H,5-8,10,25H2,(H,29,30)/t15-/m0/s1. The second-order valence-electron chi connectivity index (χ2n) is 7.16. The average molecular weight is 473 g/mol. The Morgan fingerprint density at radius 1 is 1.19 bits per heavy atom. The zero-order valence-electron chi connectivity index (χ0n) is 16.7. The second-order valence-corrected chi connectivity index (χ2v) is 7.57. The molecule has 0 radical (unpaired) electrons. The van der Waals surface area contributed by atoms with Gasteiger partial charge in [-0.3, -0.25) is 4.79 Å². The van der Waals surface area contributed by atoms with Crippen molar-refractivity contribution in [3.05, 3.63) is 52.7 Å². The lowest BCUT2D eigenvalue weighted by Gasteiger charge is -2.34. The minimum atomic E-state index is -4.45. The molecule has 12 heteroatoms. The van der Waals surface area contributed by atoms with Gasteiger partial charge < -0.3 is 25.4 Å². The first-order valence-corrected chi connectivity index (χ1v) is 9.94. The fourth-order valence-electron chi connectivity index (χ4n) is 3.11. The highest BCUT2D eigenvalue weighted by molar-refractivity contribution is 6.32. The number of carbonyl (C=O) groups excluding carboxylic acids is 1. The van der Waals surface area contributed by atoms with E-state index in [4.69, 9.17) is 27.2 Å². The number of amides is 1. The third-order valence-electron chi connectivity index (χ3n) is 4.90. The predicted molar refractivity (Wildman–Crippen MR) is 110 cm³/mol. The zero-order valence-corrected chi connectivity index (χ0v) is 17.4. The van der Waals surface area contributed by atoms with Gasteiger partial charge in [0, 0.05) is 32.4 Å². The van der Waals surface area contributed by atoms with Crippen LogP contribution in [0.3, 0.4) is 0 Å². The molecule has 0 aliphatic carbocycles. The Labute approximate surface area is 186 Å². The van der Waals surface area contributed by atoms with E-state index < -0.39 is 29.8 Å². The monoisotopic (exact) mass is 472 g/mol. The van der Waals surface area contributed by atoms with Crippen LogP contribution in [0.1, 0.15) is 11.1 Å². The van der Waals surface area contributed by atoms with Crippen LogP contribution < -0.4 is 15.4 Å². The molecule has 2 heterocycles. The minimum Gasteiger partial charge on any atom is -0.480 e. The van der Waals surface area contributed by atoms with E-state index in [0.717, 1.165) is 12.3 Å². The van der Waals surface area contributed by atoms with Crippen LogP contribution in [0.15, 0.2) is 36.5 Å². The Morgan fingerprint density at radius 3 is 2.41 bits per heavy atom. The van der Waals surface area contributed by atoms with E-state index in [1.807, 2.05) is 0 Å². The van der Waals surface area contributed by atoms with Gasteiger partial charge in [0.2, 0.25) is 0 Å². The summed E-state index contributed by atoms with van der Waals surface area (Å²) >= 11 is 6.14. The van der Waals surface area contributed by atoms with Crippen molar-refractivity contribution in [3.8, 4) is 5.75 Å². The third-order valence-corrected chi connectivity index (χ3v) is 5.20. The number of carboxylic acids is 1. The zero-order chi connectivity index (χ0) is 23.5. The normalized spacial score (nSPS) is 15.4. The number of hydrogen-bond donors (Lipinski definition) is 2. The van der Waals surface area contributed by atoms with E-state index in [2.05, 4.69) is 4.98 Å². The number of alkyl halides is 3. The summed E-state index contributed by atoms with van der Waals surface area (Å²) in [4.78, 5) is 30.4. The lowest BCUT2D eigenvalue weighted by Crippen LogP contribution is -2.49. The van der Waals surface area contributed by atoms with E-state index in [9.17, 15) is 22.8 Å². The molecule has 1 atom stereocenters. The molecule has 0 saturated carbocycles. The van der Waals surface area contributed by atoms with Gasteiger partial charge >= 0.3 is 18.2 Å². The number of carbonyl (C=O) groups is 2. The van der Waals surface area contributed by atoms with Gasteiger partial charge in [0.15, 0.2) is 5.75 Å². The van der Waals surface area contributed by atoms with Gasteiger partial charge in [-0.1, -0.05) is 17.7 Å². The van der Waals surface area contributed by atoms with Crippen LogP contribution in [0.2, 0.25) is 5.02 Å². The number of piperazine rings is 1. The molecule has 1 aromatic heterocycles. The summed E-state index contributed by atoms with van der Waals surface area (Å²) in [6.07, 6.45) is -4.22. The molecular formula is C20H20ClF3N4O4. The molecule has 1 aliphatic rings. The number of carboxylic acid groups (broad SMARTS) is 1. The van der Waals surface area contributed by atoms with Crippen LogP contribution in [-0.2, 0) is 17.4 Å². The number of pyridine rings is 1. The van der Waals surface area contributed by atoms with Crippen LogP contribution in [0.4, 0.5) is 23.8 Å². The predicted octanol–water partition coefficient (Wildman–Crippen LogP) is 3.03. The van der Waals surface area contributed by atoms with Crippen LogP contribution in [0.25, 0.3) is 0 Å². The van der Waals surface area contributed by atoms with Gasteiger partial charge in [-0.2, -0.15) is 13.2 Å². The number of halogens is 4. The van der Waals surface area contributed by atoms with E-state index in [1.165, 1.54) is 23.1 Å². The molecule has 0 spiro atoms. The summed E-state index contributed by atoms with van der Waals surface area (Å²) in [5, 5.41) is 9.02. The van der Waals surface area contributed by atoms with Gasteiger partial charge in [-0.25, -0.2) is 9.78 Å². The number of hydrogen-bond acceptors (Lipinski definition) is 6. The van der Waals surface area contributed by atoms with Crippen LogP contribution in [0, 0.1) is 0 Å². The van der Waals surface area contributed by atoms with E-state index in [0.29, 0.717) is 24.5 Å². The van der Waals surface area contributed by atoms with Crippen LogP contribution in [0.5, 0.6) is 5.75 Å². The molecule has 32 heavy (non-hydrogen) atoms. The van der Waals surface area contributed by atoms with Crippen molar-refractivity contribution in [2.45, 2.75) is 18.6 Å². The Balaban J connectivity index is 1.55. The quantitative estimate of drug-likeness (QED) is 0.688. The molecule has 0 bridgehead atoms. The highest BCUT2D eigenvalue weighted by Gasteiger charge is 2.31. The third kappa shape index (κ3) is 5.80. The molecule has 2 aromatic rings. The van der Waals surface area contributed by atoms with Crippen molar-refractivity contribution in [2.75, 3.05) is 31.1 Å². The molecule has 172 valence electrons. The topological polar surface area (TPSA) is 109 Å². The SMILES string of the molecule is N[C@@H](Cc1ccc(OC(=O)N2CCN(c3ccc(C(F)(F)F)cn3)CC2)c(Cl)c1)C(=O)O. The highest BCUT2D eigenvalue weighted by Crippen LogP contribution is 2.30. The van der Waals surface area contributed by atoms with Crippen molar-refractivity contribution in [3.63, 3.8) is 0 Å². The smallest absolute Gasteiger partial charge is 0.417 e. The Hall–Kier alpha value is -3.05. The van der Waals surface area contributed by atoms with E-state index in [-0.39, 0.29) is 30.3 Å². The van der Waals surface area contributed by atoms with Gasteiger partial charge in [0.05, 0.1) is 10.6 Å². The maximum absolute atomic E-state index is 12.7. The second kappa shape index (κ2) is 9.61. The number of nitrogens with zero attached hydrogens (tertiary/aromatic N) is 3. The van der Waals surface area contributed by atoms with E-state index >= 15 is 0 Å². The van der Waals surface area contributed by atoms with Gasteiger partial charge in [-0.15, -0.1) is 0 Å². The van der Waals surface area contributed by atoms with Crippen molar-refractivity contribution in [1.82, 2.24) is 9.88 Å². The fraction of sp³-hybridized carbons (Fsp3) is 0.350. The van der Waals surface area contributed by atoms with Crippen molar-refractivity contribution >= 4 is 29.5 Å². The molecular weight excluding hydrogens is 453 g/mol. The summed E-state index contributed by atoms with van der Waals surface area (Å²) in [5.74, 6) is -0.623. The molecule has 8 nitrogen and oxygen atoms in total. The fourth-order valence-corrected chi connectivity index (χ4v) is 3.35. The molecule has 0 unspecified atom stereocenters. The maximum atomic E-state index is 12.7. The molecule has 1 aromatic carbocycles. The number of rotatable bonds is 5. The van der Waals surface area contributed by atoms with Crippen LogP contribution in [-0.4, -0.2) is 59.3 Å². The summed E-state index contributed by atoms with van der Waals surface area (Å²) in [7, 11) is 0. The molecule has 1 aliphatic heterocycles. The number of anilines is 1. The Morgan fingerprint density at radius 2 is 1.88 bits per heavy atom. The summed E-state index contributed by atoms with van der Waals surface area (Å²) in [6, 6.07) is 5.72. The molecule has 3 rings (SSSR count). The first kappa shape index (κ1) is 23.6. The number of aromatic nitrogens is 1. The van der Waals surface area contributed by atoms with Crippen molar-refractivity contribution < 1.29 is 32.6 Å². The Bertz CT molecular complexity index is 980. The number of ether oxygens (including phenoxy) is 1. The van der Waals surface area contributed by atoms with Gasteiger partial charge in [-0.05, 0) is 36.2 Å². The van der Waals surface area contributed by atoms with Gasteiger partial charge in [0.1, 0.15) is 11.9 Å². The molecule has 1 amide bonds. The van der Waals surface area contributed by atoms with Crippen LogP contribution >= 0.6 is 11.6 Å². The Kier molecular flexibility index (Phi) is 7.09. The van der Waals surface area contributed by atoms with Gasteiger partial charge in [0.25, 0.3) is 0 Å². The average Bonchev–Trinajstić information content (AvgIpc) is 2.75. The first-order chi connectivity index (χ1) is 15.0. The minimum absolute atomic E-state index is 0.0726.